The Balaban J connectivity index is 1.41. The van der Waals surface area contributed by atoms with Gasteiger partial charge in [0.2, 0.25) is 0 Å². The summed E-state index contributed by atoms with van der Waals surface area (Å²) >= 11 is 0. The maximum atomic E-state index is 12.0. The summed E-state index contributed by atoms with van der Waals surface area (Å²) in [6.45, 7) is 3.08. The number of H-pyrrole nitrogens is 1. The summed E-state index contributed by atoms with van der Waals surface area (Å²) in [6.07, 6.45) is 9.43. The largest absolute Gasteiger partial charge is 0.356 e. The van der Waals surface area contributed by atoms with Gasteiger partial charge in [0.25, 0.3) is 5.91 Å². The van der Waals surface area contributed by atoms with Gasteiger partial charge in [-0.2, -0.15) is 5.26 Å². The van der Waals surface area contributed by atoms with Gasteiger partial charge in [0.05, 0.1) is 5.56 Å². The minimum Gasteiger partial charge on any atom is -0.356 e. The Bertz CT molecular complexity index is 545. The average Bonchev–Trinajstić information content (AvgIpc) is 3.24. The van der Waals surface area contributed by atoms with Crippen LogP contribution < -0.4 is 5.32 Å². The molecule has 3 rings (SSSR count). The first-order chi connectivity index (χ1) is 10.8. The molecular formula is C17H24N4O. The lowest BCUT2D eigenvalue weighted by Crippen LogP contribution is -2.42. The van der Waals surface area contributed by atoms with Gasteiger partial charge in [0, 0.05) is 18.8 Å². The second-order valence-electron chi connectivity index (χ2n) is 6.54. The predicted molar refractivity (Wildman–Crippen MR) is 84.4 cm³/mol. The third kappa shape index (κ3) is 3.50. The van der Waals surface area contributed by atoms with Gasteiger partial charge in [0.15, 0.2) is 0 Å². The standard InChI is InChI=1S/C17H24N4O/c18-10-14-9-16(19-12-14)17(22)20-11-13-5-7-21(8-6-13)15-3-1-2-4-15/h9,12-13,15,19H,1-8,11H2,(H,20,22). The Kier molecular flexibility index (Phi) is 4.79. The topological polar surface area (TPSA) is 71.9 Å². The number of aromatic amines is 1. The first-order valence-electron chi connectivity index (χ1n) is 8.37. The number of hydrogen-bond acceptors (Lipinski definition) is 3. The third-order valence-electron chi connectivity index (χ3n) is 5.10. The molecule has 5 heteroatoms. The predicted octanol–water partition coefficient (Wildman–Crippen LogP) is 2.27. The fourth-order valence-corrected chi connectivity index (χ4v) is 3.71. The molecule has 2 N–H and O–H groups in total. The van der Waals surface area contributed by atoms with Gasteiger partial charge in [0.1, 0.15) is 11.8 Å². The second kappa shape index (κ2) is 6.97. The lowest BCUT2D eigenvalue weighted by atomic mass is 9.95. The number of amides is 1. The number of nitrogens with one attached hydrogen (secondary N) is 2. The molecule has 1 aromatic rings. The van der Waals surface area contributed by atoms with E-state index in [0.717, 1.165) is 12.6 Å². The van der Waals surface area contributed by atoms with E-state index < -0.39 is 0 Å². The van der Waals surface area contributed by atoms with Gasteiger partial charge >= 0.3 is 0 Å². The van der Waals surface area contributed by atoms with Crippen molar-refractivity contribution in [3.8, 4) is 6.07 Å². The Morgan fingerprint density at radius 1 is 1.32 bits per heavy atom. The number of likely N-dealkylation sites (tertiary alicyclic amines) is 1. The molecule has 0 spiro atoms. The number of carbonyl (C=O) groups excluding carboxylic acids is 1. The molecule has 1 amide bonds. The van der Waals surface area contributed by atoms with Crippen LogP contribution in [-0.4, -0.2) is 41.5 Å². The lowest BCUT2D eigenvalue weighted by molar-refractivity contribution is 0.0920. The first kappa shape index (κ1) is 15.1. The highest BCUT2D eigenvalue weighted by molar-refractivity contribution is 5.92. The van der Waals surface area contributed by atoms with E-state index in [-0.39, 0.29) is 5.91 Å². The molecule has 118 valence electrons. The first-order valence-corrected chi connectivity index (χ1v) is 8.37. The number of nitrogens with zero attached hydrogens (tertiary/aromatic N) is 2. The van der Waals surface area contributed by atoms with Crippen LogP contribution in [0.1, 0.15) is 54.6 Å². The molecule has 2 fully saturated rings. The van der Waals surface area contributed by atoms with Gasteiger partial charge in [-0.05, 0) is 50.8 Å². The minimum absolute atomic E-state index is 0.111. The molecule has 0 bridgehead atoms. The van der Waals surface area contributed by atoms with Gasteiger partial charge in [-0.1, -0.05) is 12.8 Å². The summed E-state index contributed by atoms with van der Waals surface area (Å²) in [6, 6.07) is 4.44. The number of hydrogen-bond donors (Lipinski definition) is 2. The number of carbonyl (C=O) groups is 1. The van der Waals surface area contributed by atoms with E-state index >= 15 is 0 Å². The summed E-state index contributed by atoms with van der Waals surface area (Å²) in [5, 5.41) is 11.8. The van der Waals surface area contributed by atoms with Crippen LogP contribution in [0.3, 0.4) is 0 Å². The van der Waals surface area contributed by atoms with Gasteiger partial charge in [-0.3, -0.25) is 4.79 Å². The zero-order chi connectivity index (χ0) is 15.4. The maximum absolute atomic E-state index is 12.0. The van der Waals surface area contributed by atoms with E-state index in [0.29, 0.717) is 17.2 Å². The molecule has 2 aliphatic rings. The molecular weight excluding hydrogens is 276 g/mol. The van der Waals surface area contributed by atoms with Crippen LogP contribution in [0.25, 0.3) is 0 Å². The van der Waals surface area contributed by atoms with E-state index in [1.807, 2.05) is 6.07 Å². The van der Waals surface area contributed by atoms with Crippen molar-refractivity contribution in [3.63, 3.8) is 0 Å². The fraction of sp³-hybridized carbons (Fsp3) is 0.647. The number of rotatable bonds is 4. The van der Waals surface area contributed by atoms with Crippen LogP contribution in [0.2, 0.25) is 0 Å². The quantitative estimate of drug-likeness (QED) is 0.896. The van der Waals surface area contributed by atoms with E-state index in [4.69, 9.17) is 5.26 Å². The third-order valence-corrected chi connectivity index (χ3v) is 5.10. The average molecular weight is 300 g/mol. The molecule has 1 aliphatic heterocycles. The molecule has 22 heavy (non-hydrogen) atoms. The van der Waals surface area contributed by atoms with Crippen molar-refractivity contribution in [2.45, 2.75) is 44.6 Å². The zero-order valence-corrected chi connectivity index (χ0v) is 13.0. The molecule has 1 aromatic heterocycles. The van der Waals surface area contributed by atoms with Crippen molar-refractivity contribution in [1.82, 2.24) is 15.2 Å². The summed E-state index contributed by atoms with van der Waals surface area (Å²) in [5.41, 5.74) is 0.968. The number of aromatic nitrogens is 1. The van der Waals surface area contributed by atoms with Crippen LogP contribution >= 0.6 is 0 Å². The number of nitriles is 1. The normalized spacial score (nSPS) is 20.9. The summed E-state index contributed by atoms with van der Waals surface area (Å²) in [5.74, 6) is 0.465. The Labute approximate surface area is 131 Å². The molecule has 0 unspecified atom stereocenters. The van der Waals surface area contributed by atoms with E-state index in [1.165, 1.54) is 51.6 Å². The van der Waals surface area contributed by atoms with E-state index in [2.05, 4.69) is 15.2 Å². The highest BCUT2D eigenvalue weighted by atomic mass is 16.1. The highest BCUT2D eigenvalue weighted by Crippen LogP contribution is 2.27. The van der Waals surface area contributed by atoms with Crippen LogP contribution in [0.15, 0.2) is 12.3 Å². The van der Waals surface area contributed by atoms with Crippen molar-refractivity contribution in [3.05, 3.63) is 23.5 Å². The molecule has 2 heterocycles. The minimum atomic E-state index is -0.111. The van der Waals surface area contributed by atoms with Crippen molar-refractivity contribution < 1.29 is 4.79 Å². The van der Waals surface area contributed by atoms with Gasteiger partial charge in [-0.15, -0.1) is 0 Å². The second-order valence-corrected chi connectivity index (χ2v) is 6.54. The molecule has 0 radical (unpaired) electrons. The molecule has 0 aromatic carbocycles. The Morgan fingerprint density at radius 3 is 2.68 bits per heavy atom. The van der Waals surface area contributed by atoms with Crippen molar-refractivity contribution in [1.29, 1.82) is 5.26 Å². The summed E-state index contributed by atoms with van der Waals surface area (Å²) < 4.78 is 0. The summed E-state index contributed by atoms with van der Waals surface area (Å²) in [7, 11) is 0. The number of piperidine rings is 1. The van der Waals surface area contributed by atoms with E-state index in [1.54, 1.807) is 12.3 Å². The molecule has 1 aliphatic carbocycles. The van der Waals surface area contributed by atoms with Crippen LogP contribution in [0.5, 0.6) is 0 Å². The highest BCUT2D eigenvalue weighted by Gasteiger charge is 2.27. The molecule has 0 atom stereocenters. The summed E-state index contributed by atoms with van der Waals surface area (Å²) in [4.78, 5) is 17.5. The van der Waals surface area contributed by atoms with Crippen molar-refractivity contribution >= 4 is 5.91 Å². The van der Waals surface area contributed by atoms with E-state index in [9.17, 15) is 4.79 Å². The molecule has 1 saturated carbocycles. The smallest absolute Gasteiger partial charge is 0.267 e. The Hall–Kier alpha value is -1.80. The zero-order valence-electron chi connectivity index (χ0n) is 13.0. The maximum Gasteiger partial charge on any atom is 0.267 e. The van der Waals surface area contributed by atoms with Crippen LogP contribution in [-0.2, 0) is 0 Å². The molecule has 5 nitrogen and oxygen atoms in total. The lowest BCUT2D eigenvalue weighted by Gasteiger charge is -2.36. The fourth-order valence-electron chi connectivity index (χ4n) is 3.71. The Morgan fingerprint density at radius 2 is 2.05 bits per heavy atom. The van der Waals surface area contributed by atoms with Crippen LogP contribution in [0.4, 0.5) is 0 Å². The van der Waals surface area contributed by atoms with Crippen LogP contribution in [0, 0.1) is 17.2 Å². The monoisotopic (exact) mass is 300 g/mol. The van der Waals surface area contributed by atoms with Crippen molar-refractivity contribution in [2.75, 3.05) is 19.6 Å². The SMILES string of the molecule is N#Cc1c[nH]c(C(=O)NCC2CCN(C3CCCC3)CC2)c1. The van der Waals surface area contributed by atoms with Gasteiger partial charge < -0.3 is 15.2 Å². The molecule has 1 saturated heterocycles. The van der Waals surface area contributed by atoms with Crippen molar-refractivity contribution in [2.24, 2.45) is 5.92 Å². The van der Waals surface area contributed by atoms with Gasteiger partial charge in [-0.25, -0.2) is 0 Å².